The summed E-state index contributed by atoms with van der Waals surface area (Å²) in [7, 11) is 0. The van der Waals surface area contributed by atoms with Gasteiger partial charge in [-0.25, -0.2) is 4.79 Å². The van der Waals surface area contributed by atoms with E-state index in [2.05, 4.69) is 21.9 Å². The molecule has 5 atom stereocenters. The Morgan fingerprint density at radius 1 is 0.781 bits per heavy atom. The van der Waals surface area contributed by atoms with Gasteiger partial charge in [-0.3, -0.25) is 33.8 Å². The number of nitrogens with zero attached hydrogens (tertiary/aromatic N) is 2. The predicted molar refractivity (Wildman–Crippen MR) is 242 cm³/mol. The van der Waals surface area contributed by atoms with Gasteiger partial charge >= 0.3 is 5.97 Å². The van der Waals surface area contributed by atoms with Crippen LogP contribution in [0.3, 0.4) is 0 Å². The summed E-state index contributed by atoms with van der Waals surface area (Å²) >= 11 is 0. The fraction of sp³-hybridized carbons (Fsp3) is 0.480. The van der Waals surface area contributed by atoms with Crippen molar-refractivity contribution in [2.24, 2.45) is 11.8 Å². The van der Waals surface area contributed by atoms with E-state index in [1.54, 1.807) is 25.1 Å². The SMILES string of the molecule is C#Cc1cccc(C(=O)OCN(C(=O)CN2CCOCC2)[C@@H](CCc2ccccc2)C(=O)N[C@@H](CC(C)C)C(=O)N[C@@H](Cc2ccccc2)C(=O)N[C@@H](CC(C)C)C(=O)[C@]2(C)CO2)c1. The zero-order valence-corrected chi connectivity index (χ0v) is 37.7. The quantitative estimate of drug-likeness (QED) is 0.0545. The number of amides is 4. The summed E-state index contributed by atoms with van der Waals surface area (Å²) in [6.45, 7) is 10.9. The molecule has 14 nitrogen and oxygen atoms in total. The monoisotopic (exact) mass is 877 g/mol. The molecule has 3 aromatic rings. The summed E-state index contributed by atoms with van der Waals surface area (Å²) < 4.78 is 16.7. The van der Waals surface area contributed by atoms with Gasteiger partial charge in [0.05, 0.1) is 38.0 Å². The first-order valence-corrected chi connectivity index (χ1v) is 22.2. The minimum atomic E-state index is -1.20. The number of rotatable bonds is 23. The van der Waals surface area contributed by atoms with Crippen molar-refractivity contribution in [1.29, 1.82) is 0 Å². The molecule has 3 aromatic carbocycles. The molecule has 0 saturated carbocycles. The van der Waals surface area contributed by atoms with E-state index in [1.807, 2.05) is 93.3 Å². The van der Waals surface area contributed by atoms with Crippen molar-refractivity contribution in [2.45, 2.75) is 96.5 Å². The average Bonchev–Trinajstić information content (AvgIpc) is 4.04. The van der Waals surface area contributed by atoms with Gasteiger partial charge < -0.3 is 30.2 Å². The Morgan fingerprint density at radius 3 is 1.97 bits per heavy atom. The number of nitrogens with one attached hydrogen (secondary N) is 3. The lowest BCUT2D eigenvalue weighted by molar-refractivity contribution is -0.147. The number of morpholine rings is 1. The van der Waals surface area contributed by atoms with Gasteiger partial charge in [-0.2, -0.15) is 0 Å². The minimum Gasteiger partial charge on any atom is -0.441 e. The van der Waals surface area contributed by atoms with Gasteiger partial charge in [0.25, 0.3) is 0 Å². The molecule has 0 aliphatic carbocycles. The Morgan fingerprint density at radius 2 is 1.36 bits per heavy atom. The molecule has 2 aliphatic heterocycles. The number of carbonyl (C=O) groups is 6. The van der Waals surface area contributed by atoms with E-state index in [-0.39, 0.29) is 55.6 Å². The highest BCUT2D eigenvalue weighted by molar-refractivity contribution is 5.99. The predicted octanol–water partition coefficient (Wildman–Crippen LogP) is 4.09. The van der Waals surface area contributed by atoms with Gasteiger partial charge in [-0.15, -0.1) is 6.42 Å². The Hall–Kier alpha value is -5.88. The van der Waals surface area contributed by atoms with Crippen molar-refractivity contribution in [1.82, 2.24) is 25.8 Å². The van der Waals surface area contributed by atoms with E-state index < -0.39 is 66.1 Å². The van der Waals surface area contributed by atoms with Gasteiger partial charge in [0.1, 0.15) is 23.7 Å². The average molecular weight is 878 g/mol. The second-order valence-corrected chi connectivity index (χ2v) is 17.6. The number of ketones is 1. The summed E-state index contributed by atoms with van der Waals surface area (Å²) in [4.78, 5) is 88.0. The number of carbonyl (C=O) groups excluding carboxylic acids is 6. The summed E-state index contributed by atoms with van der Waals surface area (Å²) in [6, 6.07) is 20.7. The van der Waals surface area contributed by atoms with Gasteiger partial charge in [0, 0.05) is 25.1 Å². The van der Waals surface area contributed by atoms with Crippen molar-refractivity contribution in [3.63, 3.8) is 0 Å². The van der Waals surface area contributed by atoms with Crippen LogP contribution >= 0.6 is 0 Å². The standard InChI is InChI=1S/C50H63N5O9/c1-7-36-19-14-20-39(29-36)49(61)63-33-55(44(56)31-54-23-25-62-26-24-54)43(22-21-37-15-10-8-11-16-37)48(60)53-41(28-35(4)5)46(58)52-42(30-38-17-12-9-13-18-38)47(59)51-40(27-34(2)3)45(57)50(6)32-64-50/h1,8-20,29,34-35,40-43H,21-28,30-33H2,2-6H3,(H,51,59)(H,52,58)(H,53,60)/t40-,41-,42-,43-,50-/m0/s1. The molecule has 0 unspecified atom stereocenters. The molecule has 5 rings (SSSR count). The number of aryl methyl sites for hydroxylation is 1. The van der Waals surface area contributed by atoms with Gasteiger partial charge in [0.2, 0.25) is 23.6 Å². The van der Waals surface area contributed by atoms with Gasteiger partial charge in [0.15, 0.2) is 12.5 Å². The van der Waals surface area contributed by atoms with Crippen molar-refractivity contribution < 1.29 is 43.0 Å². The van der Waals surface area contributed by atoms with Crippen LogP contribution in [0.25, 0.3) is 0 Å². The van der Waals surface area contributed by atoms with Crippen LogP contribution in [0.4, 0.5) is 0 Å². The van der Waals surface area contributed by atoms with E-state index in [9.17, 15) is 28.8 Å². The third-order valence-electron chi connectivity index (χ3n) is 11.3. The largest absolute Gasteiger partial charge is 0.441 e. The van der Waals surface area contributed by atoms with E-state index >= 15 is 0 Å². The van der Waals surface area contributed by atoms with Crippen molar-refractivity contribution >= 4 is 35.4 Å². The topological polar surface area (TPSA) is 176 Å². The Labute approximate surface area is 377 Å². The lowest BCUT2D eigenvalue weighted by Gasteiger charge is -2.34. The summed E-state index contributed by atoms with van der Waals surface area (Å²) in [5.41, 5.74) is 1.36. The molecule has 2 aliphatic rings. The Kier molecular flexibility index (Phi) is 18.2. The maximum atomic E-state index is 14.8. The fourth-order valence-electron chi connectivity index (χ4n) is 7.60. The molecule has 2 saturated heterocycles. The van der Waals surface area contributed by atoms with Crippen LogP contribution in [0.15, 0.2) is 84.9 Å². The van der Waals surface area contributed by atoms with E-state index in [0.717, 1.165) is 11.1 Å². The number of Topliss-reactive ketones (excluding diaryl/α,β-unsaturated/α-hetero) is 1. The Bertz CT molecular complexity index is 2090. The normalized spacial score (nSPS) is 17.8. The second kappa shape index (κ2) is 23.7. The van der Waals surface area contributed by atoms with Gasteiger partial charge in [-0.1, -0.05) is 100 Å². The van der Waals surface area contributed by atoms with E-state index in [1.165, 1.54) is 11.0 Å². The number of hydrogen-bond donors (Lipinski definition) is 3. The third kappa shape index (κ3) is 14.9. The lowest BCUT2D eigenvalue weighted by Crippen LogP contribution is -2.60. The molecule has 3 N–H and O–H groups in total. The first kappa shape index (κ1) is 49.1. The minimum absolute atomic E-state index is 0.0691. The number of terminal acetylenes is 1. The molecule has 2 heterocycles. The Balaban J connectivity index is 1.43. The molecule has 64 heavy (non-hydrogen) atoms. The number of epoxide rings is 1. The molecule has 0 bridgehead atoms. The van der Waals surface area contributed by atoms with Crippen LogP contribution in [-0.4, -0.2) is 121 Å². The maximum absolute atomic E-state index is 14.8. The first-order chi connectivity index (χ1) is 30.6. The van der Waals surface area contributed by atoms with Gasteiger partial charge in [-0.05, 0) is 73.8 Å². The van der Waals surface area contributed by atoms with Crippen LogP contribution < -0.4 is 16.0 Å². The number of benzene rings is 3. The molecular formula is C50H63N5O9. The molecular weight excluding hydrogens is 815 g/mol. The smallest absolute Gasteiger partial charge is 0.339 e. The molecule has 14 heteroatoms. The highest BCUT2D eigenvalue weighted by atomic mass is 16.6. The van der Waals surface area contributed by atoms with E-state index in [4.69, 9.17) is 20.6 Å². The molecule has 0 aromatic heterocycles. The summed E-state index contributed by atoms with van der Waals surface area (Å²) in [5, 5.41) is 8.76. The van der Waals surface area contributed by atoms with Crippen molar-refractivity contribution in [3.05, 3.63) is 107 Å². The summed E-state index contributed by atoms with van der Waals surface area (Å²) in [5.74, 6) is -0.749. The first-order valence-electron chi connectivity index (χ1n) is 22.2. The maximum Gasteiger partial charge on any atom is 0.339 e. The number of ether oxygens (including phenoxy) is 3. The highest BCUT2D eigenvalue weighted by Gasteiger charge is 2.50. The van der Waals surface area contributed by atoms with Crippen molar-refractivity contribution in [3.8, 4) is 12.3 Å². The van der Waals surface area contributed by atoms with E-state index in [0.29, 0.717) is 44.7 Å². The van der Waals surface area contributed by atoms with Crippen LogP contribution in [0.1, 0.15) is 80.9 Å². The number of hydrogen-bond acceptors (Lipinski definition) is 10. The lowest BCUT2D eigenvalue weighted by atomic mass is 9.93. The second-order valence-electron chi connectivity index (χ2n) is 17.6. The van der Waals surface area contributed by atoms with Crippen LogP contribution in [0.5, 0.6) is 0 Å². The zero-order chi connectivity index (χ0) is 46.2. The molecule has 4 amide bonds. The fourth-order valence-corrected chi connectivity index (χ4v) is 7.60. The van der Waals surface area contributed by atoms with Crippen LogP contribution in [-0.2, 0) is 51.0 Å². The molecule has 2 fully saturated rings. The highest BCUT2D eigenvalue weighted by Crippen LogP contribution is 2.30. The molecule has 0 spiro atoms. The zero-order valence-electron chi connectivity index (χ0n) is 37.7. The molecule has 0 radical (unpaired) electrons. The third-order valence-corrected chi connectivity index (χ3v) is 11.3. The number of esters is 1. The van der Waals surface area contributed by atoms with Crippen LogP contribution in [0.2, 0.25) is 0 Å². The van der Waals surface area contributed by atoms with Crippen molar-refractivity contribution in [2.75, 3.05) is 46.2 Å². The summed E-state index contributed by atoms with van der Waals surface area (Å²) in [6.07, 6.45) is 6.74. The van der Waals surface area contributed by atoms with Crippen LogP contribution in [0, 0.1) is 24.2 Å². The molecule has 342 valence electrons.